The number of aromatic nitrogens is 3. The van der Waals surface area contributed by atoms with Crippen molar-refractivity contribution in [2.24, 2.45) is 7.05 Å². The third-order valence-corrected chi connectivity index (χ3v) is 3.51. The summed E-state index contributed by atoms with van der Waals surface area (Å²) < 4.78 is 41.0. The standard InChI is InChI=1S/C17H18N3.BF4/c1-12-9-15-16(10-13(12)2)19-17(18-15)7-6-14-5-4-8-20(3)11-14;2-1(3,4)5/h4-11H,1-3H3,(H,18,19);/q+1;-1/b7-6+;. The second-order valence-electron chi connectivity index (χ2n) is 5.71. The molecule has 0 unspecified atom stereocenters. The van der Waals surface area contributed by atoms with Crippen LogP contribution >= 0.6 is 0 Å². The lowest BCUT2D eigenvalue weighted by Gasteiger charge is -1.97. The number of nitrogens with zero attached hydrogens (tertiary/aromatic N) is 2. The highest BCUT2D eigenvalue weighted by Gasteiger charge is 2.20. The summed E-state index contributed by atoms with van der Waals surface area (Å²) in [4.78, 5) is 7.95. The van der Waals surface area contributed by atoms with Crippen molar-refractivity contribution in [1.82, 2.24) is 9.97 Å². The molecule has 0 aliphatic carbocycles. The SMILES string of the molecule is Cc1cc2nc(/C=C/c3ccc[n+](C)c3)[nH]c2cc1C.F[B-](F)(F)F. The first kappa shape index (κ1) is 18.7. The van der Waals surface area contributed by atoms with Gasteiger partial charge in [0.1, 0.15) is 12.9 Å². The maximum Gasteiger partial charge on any atom is 0.673 e. The van der Waals surface area contributed by atoms with Crippen LogP contribution in [0, 0.1) is 13.8 Å². The first-order valence-electron chi connectivity index (χ1n) is 7.59. The molecule has 1 N–H and O–H groups in total. The molecule has 2 heterocycles. The molecule has 0 aliphatic rings. The molecule has 3 aromatic rings. The van der Waals surface area contributed by atoms with E-state index >= 15 is 0 Å². The summed E-state index contributed by atoms with van der Waals surface area (Å²) in [7, 11) is -3.98. The normalized spacial score (nSPS) is 11.6. The van der Waals surface area contributed by atoms with Crippen molar-refractivity contribution in [3.05, 3.63) is 59.2 Å². The molecular formula is C17H18BF4N3. The van der Waals surface area contributed by atoms with E-state index < -0.39 is 7.25 Å². The minimum Gasteiger partial charge on any atom is -0.418 e. The van der Waals surface area contributed by atoms with E-state index in [0.29, 0.717) is 0 Å². The predicted octanol–water partition coefficient (Wildman–Crippen LogP) is 4.47. The van der Waals surface area contributed by atoms with Crippen molar-refractivity contribution in [3.63, 3.8) is 0 Å². The Bertz CT molecular complexity index is 856. The van der Waals surface area contributed by atoms with Crippen molar-refractivity contribution in [3.8, 4) is 0 Å². The van der Waals surface area contributed by atoms with Gasteiger partial charge in [-0.1, -0.05) is 0 Å². The van der Waals surface area contributed by atoms with Gasteiger partial charge in [0.2, 0.25) is 0 Å². The summed E-state index contributed by atoms with van der Waals surface area (Å²) in [6.07, 6.45) is 8.18. The number of halogens is 4. The molecule has 2 aromatic heterocycles. The number of nitrogens with one attached hydrogen (secondary N) is 1. The summed E-state index contributed by atoms with van der Waals surface area (Å²) >= 11 is 0. The van der Waals surface area contributed by atoms with Crippen LogP contribution in [0.2, 0.25) is 0 Å². The smallest absolute Gasteiger partial charge is 0.418 e. The fourth-order valence-electron chi connectivity index (χ4n) is 2.25. The van der Waals surface area contributed by atoms with Crippen LogP contribution in [-0.2, 0) is 7.05 Å². The molecule has 0 saturated carbocycles. The molecule has 3 rings (SSSR count). The maximum absolute atomic E-state index is 9.75. The van der Waals surface area contributed by atoms with Crippen LogP contribution in [0.4, 0.5) is 17.3 Å². The van der Waals surface area contributed by atoms with Gasteiger partial charge in [-0.05, 0) is 55.3 Å². The van der Waals surface area contributed by atoms with Gasteiger partial charge >= 0.3 is 7.25 Å². The number of H-pyrrole nitrogens is 1. The fraction of sp³-hybridized carbons (Fsp3) is 0.176. The Morgan fingerprint density at radius 2 is 1.72 bits per heavy atom. The Balaban J connectivity index is 0.000000399. The number of imidazole rings is 1. The van der Waals surface area contributed by atoms with E-state index in [1.165, 1.54) is 11.1 Å². The highest BCUT2D eigenvalue weighted by molar-refractivity contribution is 6.50. The number of aromatic amines is 1. The van der Waals surface area contributed by atoms with E-state index in [4.69, 9.17) is 0 Å². The number of hydrogen-bond acceptors (Lipinski definition) is 1. The minimum absolute atomic E-state index is 0.886. The van der Waals surface area contributed by atoms with E-state index in [2.05, 4.69) is 54.3 Å². The van der Waals surface area contributed by atoms with E-state index in [9.17, 15) is 17.3 Å². The lowest BCUT2D eigenvalue weighted by atomic mass is 10.1. The topological polar surface area (TPSA) is 32.6 Å². The van der Waals surface area contributed by atoms with Crippen molar-refractivity contribution in [2.45, 2.75) is 13.8 Å². The van der Waals surface area contributed by atoms with Crippen molar-refractivity contribution in [1.29, 1.82) is 0 Å². The number of fused-ring (bicyclic) bond motifs is 1. The summed E-state index contributed by atoms with van der Waals surface area (Å²) in [6, 6.07) is 8.39. The second kappa shape index (κ2) is 7.50. The van der Waals surface area contributed by atoms with Gasteiger partial charge < -0.3 is 22.2 Å². The van der Waals surface area contributed by atoms with Crippen LogP contribution < -0.4 is 4.57 Å². The Labute approximate surface area is 143 Å². The zero-order chi connectivity index (χ0) is 18.6. The van der Waals surface area contributed by atoms with Gasteiger partial charge in [-0.15, -0.1) is 0 Å². The Hall–Kier alpha value is -2.64. The zero-order valence-electron chi connectivity index (χ0n) is 14.1. The van der Waals surface area contributed by atoms with Crippen molar-refractivity contribution >= 4 is 30.4 Å². The average molecular weight is 351 g/mol. The van der Waals surface area contributed by atoms with E-state index in [-0.39, 0.29) is 0 Å². The van der Waals surface area contributed by atoms with Gasteiger partial charge in [-0.2, -0.15) is 0 Å². The molecule has 0 bridgehead atoms. The quantitative estimate of drug-likeness (QED) is 0.412. The summed E-state index contributed by atoms with van der Waals surface area (Å²) in [5.74, 6) is 0.886. The zero-order valence-corrected chi connectivity index (χ0v) is 14.1. The fourth-order valence-corrected chi connectivity index (χ4v) is 2.25. The van der Waals surface area contributed by atoms with E-state index in [1.54, 1.807) is 0 Å². The Morgan fingerprint density at radius 3 is 2.36 bits per heavy atom. The van der Waals surface area contributed by atoms with Crippen LogP contribution in [0.3, 0.4) is 0 Å². The van der Waals surface area contributed by atoms with Crippen LogP contribution in [0.1, 0.15) is 22.5 Å². The molecule has 1 aromatic carbocycles. The Morgan fingerprint density at radius 1 is 1.08 bits per heavy atom. The van der Waals surface area contributed by atoms with Gasteiger partial charge in [0.25, 0.3) is 0 Å². The number of hydrogen-bond donors (Lipinski definition) is 1. The summed E-state index contributed by atoms with van der Waals surface area (Å²) in [6.45, 7) is 4.23. The van der Waals surface area contributed by atoms with E-state index in [0.717, 1.165) is 22.4 Å². The third-order valence-electron chi connectivity index (χ3n) is 3.51. The molecule has 0 spiro atoms. The van der Waals surface area contributed by atoms with Crippen LogP contribution in [0.5, 0.6) is 0 Å². The lowest BCUT2D eigenvalue weighted by Crippen LogP contribution is -2.26. The van der Waals surface area contributed by atoms with Gasteiger partial charge in [0.05, 0.1) is 11.0 Å². The molecule has 25 heavy (non-hydrogen) atoms. The monoisotopic (exact) mass is 351 g/mol. The summed E-state index contributed by atoms with van der Waals surface area (Å²) in [5.41, 5.74) is 5.82. The van der Waals surface area contributed by atoms with E-state index in [1.807, 2.05) is 30.0 Å². The number of pyridine rings is 1. The maximum atomic E-state index is 9.75. The first-order chi connectivity index (χ1) is 11.6. The minimum atomic E-state index is -6.00. The molecule has 0 fully saturated rings. The van der Waals surface area contributed by atoms with Gasteiger partial charge in [-0.3, -0.25) is 0 Å². The molecule has 0 amide bonds. The molecular weight excluding hydrogens is 333 g/mol. The van der Waals surface area contributed by atoms with Crippen LogP contribution in [0.15, 0.2) is 36.7 Å². The van der Waals surface area contributed by atoms with Gasteiger partial charge in [-0.25, -0.2) is 9.55 Å². The molecule has 0 radical (unpaired) electrons. The lowest BCUT2D eigenvalue weighted by molar-refractivity contribution is -0.671. The number of aryl methyl sites for hydroxylation is 3. The molecule has 3 nitrogen and oxygen atoms in total. The molecule has 8 heteroatoms. The van der Waals surface area contributed by atoms with Crippen LogP contribution in [-0.4, -0.2) is 17.2 Å². The van der Waals surface area contributed by atoms with Crippen LogP contribution in [0.25, 0.3) is 23.2 Å². The third kappa shape index (κ3) is 6.06. The molecule has 132 valence electrons. The Kier molecular flexibility index (Phi) is 5.61. The second-order valence-corrected chi connectivity index (χ2v) is 5.71. The van der Waals surface area contributed by atoms with Gasteiger partial charge in [0.15, 0.2) is 12.4 Å². The predicted molar refractivity (Wildman–Crippen MR) is 92.3 cm³/mol. The first-order valence-corrected chi connectivity index (χ1v) is 7.59. The van der Waals surface area contributed by atoms with Crippen molar-refractivity contribution in [2.75, 3.05) is 0 Å². The average Bonchev–Trinajstić information content (AvgIpc) is 2.86. The molecule has 0 atom stereocenters. The number of benzene rings is 1. The summed E-state index contributed by atoms with van der Waals surface area (Å²) in [5, 5.41) is 0. The molecule has 0 aliphatic heterocycles. The number of rotatable bonds is 2. The largest absolute Gasteiger partial charge is 0.673 e. The highest BCUT2D eigenvalue weighted by atomic mass is 19.5. The highest BCUT2D eigenvalue weighted by Crippen LogP contribution is 2.18. The molecule has 0 saturated heterocycles. The van der Waals surface area contributed by atoms with Crippen molar-refractivity contribution < 1.29 is 21.8 Å². The van der Waals surface area contributed by atoms with Gasteiger partial charge in [0, 0.05) is 11.6 Å².